The number of anilines is 1. The minimum absolute atomic E-state index is 0.152. The number of aliphatic hydroxyl groups excluding tert-OH is 1. The van der Waals surface area contributed by atoms with Crippen LogP contribution in [0.5, 0.6) is 0 Å². The highest BCUT2D eigenvalue weighted by Gasteiger charge is 2.27. The van der Waals surface area contributed by atoms with Gasteiger partial charge in [0.15, 0.2) is 5.78 Å². The van der Waals surface area contributed by atoms with E-state index >= 15 is 0 Å². The largest absolute Gasteiger partial charge is 0.481 e. The summed E-state index contributed by atoms with van der Waals surface area (Å²) >= 11 is 0. The molecule has 0 saturated heterocycles. The molecule has 0 bridgehead atoms. The number of rotatable bonds is 12. The standard InChI is InChI=1S/C23H27N5O7/c24-17(13-29)21(33)18(10-20(31)32)28-19(30)12-25-22(34)15-7-4-8-16(9-15)27-23(35)26-11-14-5-2-1-3-6-14/h1-9,17-18,29H,10-13,24H2,(H,25,34)(H,28,30)(H,31,32)(H2,26,27,35)/t17?,18-/m0/s1. The number of hydrogen-bond donors (Lipinski definition) is 7. The Morgan fingerprint density at radius 1 is 0.943 bits per heavy atom. The van der Waals surface area contributed by atoms with Crippen molar-refractivity contribution in [2.45, 2.75) is 25.0 Å². The minimum Gasteiger partial charge on any atom is -0.481 e. The van der Waals surface area contributed by atoms with Gasteiger partial charge < -0.3 is 37.2 Å². The molecule has 0 spiro atoms. The second-order valence-electron chi connectivity index (χ2n) is 7.47. The lowest BCUT2D eigenvalue weighted by molar-refractivity contribution is -0.140. The van der Waals surface area contributed by atoms with Gasteiger partial charge in [0.25, 0.3) is 5.91 Å². The van der Waals surface area contributed by atoms with E-state index in [0.717, 1.165) is 5.56 Å². The normalized spacial score (nSPS) is 12.1. The SMILES string of the molecule is NC(CO)C(=O)[C@H](CC(=O)O)NC(=O)CNC(=O)c1cccc(NC(=O)NCc2ccccc2)c1. The van der Waals surface area contributed by atoms with Crippen molar-refractivity contribution >= 4 is 35.3 Å². The maximum absolute atomic E-state index is 12.4. The van der Waals surface area contributed by atoms with Crippen LogP contribution in [0.4, 0.5) is 10.5 Å². The highest BCUT2D eigenvalue weighted by atomic mass is 16.4. The summed E-state index contributed by atoms with van der Waals surface area (Å²) < 4.78 is 0. The van der Waals surface area contributed by atoms with Crippen LogP contribution in [-0.2, 0) is 20.9 Å². The number of amides is 4. The number of ketones is 1. The molecule has 0 aliphatic heterocycles. The number of carbonyl (C=O) groups excluding carboxylic acids is 4. The summed E-state index contributed by atoms with van der Waals surface area (Å²) in [4.78, 5) is 59.7. The van der Waals surface area contributed by atoms with Gasteiger partial charge in [-0.3, -0.25) is 19.2 Å². The van der Waals surface area contributed by atoms with Crippen LogP contribution >= 0.6 is 0 Å². The summed E-state index contributed by atoms with van der Waals surface area (Å²) in [5.41, 5.74) is 6.83. The number of carboxylic acid groups (broad SMARTS) is 1. The molecule has 4 amide bonds. The fourth-order valence-electron chi connectivity index (χ4n) is 2.95. The Hall–Kier alpha value is -4.29. The third-order valence-corrected chi connectivity index (χ3v) is 4.71. The van der Waals surface area contributed by atoms with Gasteiger partial charge in [0, 0.05) is 17.8 Å². The smallest absolute Gasteiger partial charge is 0.319 e. The first-order valence-electron chi connectivity index (χ1n) is 10.6. The van der Waals surface area contributed by atoms with Crippen molar-refractivity contribution in [2.24, 2.45) is 5.73 Å². The topological polar surface area (TPSA) is 200 Å². The molecule has 2 atom stereocenters. The first kappa shape index (κ1) is 27.0. The van der Waals surface area contributed by atoms with E-state index in [9.17, 15) is 24.0 Å². The second-order valence-corrected chi connectivity index (χ2v) is 7.47. The highest BCUT2D eigenvalue weighted by molar-refractivity contribution is 5.99. The number of aliphatic carboxylic acids is 1. The van der Waals surface area contributed by atoms with Crippen LogP contribution < -0.4 is 27.0 Å². The maximum Gasteiger partial charge on any atom is 0.319 e. The molecule has 186 valence electrons. The Kier molecular flexibility index (Phi) is 10.3. The molecule has 1 unspecified atom stereocenters. The predicted molar refractivity (Wildman–Crippen MR) is 125 cm³/mol. The molecule has 8 N–H and O–H groups in total. The van der Waals surface area contributed by atoms with Crippen LogP contribution in [0.25, 0.3) is 0 Å². The first-order chi connectivity index (χ1) is 16.7. The van der Waals surface area contributed by atoms with Crippen molar-refractivity contribution in [1.29, 1.82) is 0 Å². The summed E-state index contributed by atoms with van der Waals surface area (Å²) in [5, 5.41) is 27.8. The third-order valence-electron chi connectivity index (χ3n) is 4.71. The molecule has 0 aliphatic rings. The average molecular weight is 485 g/mol. The Morgan fingerprint density at radius 3 is 2.31 bits per heavy atom. The van der Waals surface area contributed by atoms with Crippen LogP contribution in [-0.4, -0.2) is 65.0 Å². The van der Waals surface area contributed by atoms with Gasteiger partial charge in [0.1, 0.15) is 0 Å². The van der Waals surface area contributed by atoms with Gasteiger partial charge in [-0.15, -0.1) is 0 Å². The minimum atomic E-state index is -1.46. The van der Waals surface area contributed by atoms with Crippen LogP contribution in [0, 0.1) is 0 Å². The number of carboxylic acids is 1. The third kappa shape index (κ3) is 9.23. The molecule has 0 heterocycles. The van der Waals surface area contributed by atoms with Crippen LogP contribution in [0.15, 0.2) is 54.6 Å². The van der Waals surface area contributed by atoms with E-state index in [-0.39, 0.29) is 5.56 Å². The molecular weight excluding hydrogens is 458 g/mol. The molecule has 2 rings (SSSR count). The fraction of sp³-hybridized carbons (Fsp3) is 0.261. The van der Waals surface area contributed by atoms with Crippen molar-refractivity contribution in [3.05, 3.63) is 65.7 Å². The number of nitrogens with one attached hydrogen (secondary N) is 4. The number of benzene rings is 2. The maximum atomic E-state index is 12.4. The van der Waals surface area contributed by atoms with E-state index in [4.69, 9.17) is 15.9 Å². The van der Waals surface area contributed by atoms with Gasteiger partial charge in [-0.1, -0.05) is 36.4 Å². The van der Waals surface area contributed by atoms with Gasteiger partial charge in [-0.2, -0.15) is 0 Å². The van der Waals surface area contributed by atoms with Crippen molar-refractivity contribution in [1.82, 2.24) is 16.0 Å². The molecule has 2 aromatic rings. The molecular formula is C23H27N5O7. The lowest BCUT2D eigenvalue weighted by Crippen LogP contribution is -2.52. The summed E-state index contributed by atoms with van der Waals surface area (Å²) in [6.45, 7) is -0.946. The zero-order chi connectivity index (χ0) is 25.8. The van der Waals surface area contributed by atoms with Gasteiger partial charge in [0.2, 0.25) is 5.91 Å². The molecule has 0 aromatic heterocycles. The van der Waals surface area contributed by atoms with E-state index < -0.39 is 61.3 Å². The number of Topliss-reactive ketones (excluding diaryl/α,β-unsaturated/α-hetero) is 1. The summed E-state index contributed by atoms with van der Waals surface area (Å²) in [6.07, 6.45) is -0.730. The zero-order valence-corrected chi connectivity index (χ0v) is 18.7. The van der Waals surface area contributed by atoms with E-state index in [2.05, 4.69) is 21.3 Å². The van der Waals surface area contributed by atoms with Crippen molar-refractivity contribution in [3.8, 4) is 0 Å². The van der Waals surface area contributed by atoms with Crippen LogP contribution in [0.2, 0.25) is 0 Å². The number of carbonyl (C=O) groups is 5. The number of nitrogens with two attached hydrogens (primary N) is 1. The van der Waals surface area contributed by atoms with E-state index in [0.29, 0.717) is 12.2 Å². The molecule has 35 heavy (non-hydrogen) atoms. The number of aliphatic hydroxyl groups is 1. The zero-order valence-electron chi connectivity index (χ0n) is 18.7. The molecule has 0 saturated carbocycles. The Labute approximate surface area is 200 Å². The second kappa shape index (κ2) is 13.4. The van der Waals surface area contributed by atoms with Crippen LogP contribution in [0.1, 0.15) is 22.3 Å². The Bertz CT molecular complexity index is 1060. The Morgan fingerprint density at radius 2 is 1.66 bits per heavy atom. The average Bonchev–Trinajstić information content (AvgIpc) is 2.85. The van der Waals surface area contributed by atoms with Crippen molar-refractivity contribution in [3.63, 3.8) is 0 Å². The van der Waals surface area contributed by atoms with E-state index in [1.165, 1.54) is 12.1 Å². The molecule has 0 fully saturated rings. The quantitative estimate of drug-likeness (QED) is 0.210. The van der Waals surface area contributed by atoms with Gasteiger partial charge in [-0.25, -0.2) is 4.79 Å². The number of urea groups is 1. The predicted octanol–water partition coefficient (Wildman–Crippen LogP) is -0.414. The monoisotopic (exact) mass is 485 g/mol. The summed E-state index contributed by atoms with van der Waals surface area (Å²) in [7, 11) is 0. The lowest BCUT2D eigenvalue weighted by atomic mass is 10.0. The molecule has 2 aromatic carbocycles. The number of hydrogen-bond acceptors (Lipinski definition) is 7. The molecule has 12 heteroatoms. The van der Waals surface area contributed by atoms with Crippen molar-refractivity contribution < 1.29 is 34.2 Å². The summed E-state index contributed by atoms with van der Waals surface area (Å²) in [5.74, 6) is -3.66. The molecule has 0 aliphatic carbocycles. The summed E-state index contributed by atoms with van der Waals surface area (Å²) in [6, 6.07) is 12.0. The Balaban J connectivity index is 1.88. The van der Waals surface area contributed by atoms with Crippen molar-refractivity contribution in [2.75, 3.05) is 18.5 Å². The van der Waals surface area contributed by atoms with Crippen LogP contribution in [0.3, 0.4) is 0 Å². The lowest BCUT2D eigenvalue weighted by Gasteiger charge is -2.19. The molecule has 12 nitrogen and oxygen atoms in total. The highest BCUT2D eigenvalue weighted by Crippen LogP contribution is 2.11. The fourth-order valence-corrected chi connectivity index (χ4v) is 2.95. The first-order valence-corrected chi connectivity index (χ1v) is 10.6. The van der Waals surface area contributed by atoms with Gasteiger partial charge in [0.05, 0.1) is 31.7 Å². The van der Waals surface area contributed by atoms with Gasteiger partial charge in [-0.05, 0) is 23.8 Å². The van der Waals surface area contributed by atoms with Gasteiger partial charge >= 0.3 is 12.0 Å². The van der Waals surface area contributed by atoms with E-state index in [1.54, 1.807) is 12.1 Å². The molecule has 0 radical (unpaired) electrons. The van der Waals surface area contributed by atoms with E-state index in [1.807, 2.05) is 30.3 Å².